The van der Waals surface area contributed by atoms with Gasteiger partial charge in [0.05, 0.1) is 0 Å². The van der Waals surface area contributed by atoms with Gasteiger partial charge in [0.1, 0.15) is 0 Å². The second-order valence-electron chi connectivity index (χ2n) is 2.76. The minimum Gasteiger partial charge on any atom is -0.344 e. The average molecular weight is 168 g/mol. The normalized spacial score (nSPS) is 11.6. The third-order valence-electron chi connectivity index (χ3n) is 1.59. The van der Waals surface area contributed by atoms with Crippen molar-refractivity contribution in [3.63, 3.8) is 0 Å². The molecule has 1 aromatic carbocycles. The average Bonchev–Trinajstić information content (AvgIpc) is 2.02. The van der Waals surface area contributed by atoms with Crippen LogP contribution >= 0.6 is 0 Å². The predicted molar refractivity (Wildman–Crippen MR) is 44.2 cm³/mol. The van der Waals surface area contributed by atoms with Crippen LogP contribution in [0.5, 0.6) is 0 Å². The second kappa shape index (κ2) is 3.67. The quantitative estimate of drug-likeness (QED) is 0.567. The highest BCUT2D eigenvalue weighted by atomic mass is 16.7. The van der Waals surface area contributed by atoms with Gasteiger partial charge < -0.3 is 15.3 Å². The zero-order valence-electron chi connectivity index (χ0n) is 6.64. The van der Waals surface area contributed by atoms with E-state index in [4.69, 9.17) is 15.3 Å². The number of rotatable bonds is 3. The number of benzene rings is 1. The maximum absolute atomic E-state index is 8.59. The predicted octanol–water partition coefficient (Wildman–Crippen LogP) is 0.250. The first kappa shape index (κ1) is 9.19. The Labute approximate surface area is 70.9 Å². The van der Waals surface area contributed by atoms with Crippen molar-refractivity contribution in [1.82, 2.24) is 0 Å². The molecule has 0 radical (unpaired) electrons. The van der Waals surface area contributed by atoms with E-state index < -0.39 is 5.97 Å². The Morgan fingerprint density at radius 3 is 2.08 bits per heavy atom. The van der Waals surface area contributed by atoms with E-state index in [0.717, 1.165) is 5.56 Å². The molecule has 0 saturated heterocycles. The second-order valence-corrected chi connectivity index (χ2v) is 2.76. The van der Waals surface area contributed by atoms with Gasteiger partial charge in [-0.25, -0.2) is 0 Å². The van der Waals surface area contributed by atoms with E-state index in [2.05, 4.69) is 0 Å². The highest BCUT2D eigenvalue weighted by molar-refractivity contribution is 5.14. The molecule has 12 heavy (non-hydrogen) atoms. The summed E-state index contributed by atoms with van der Waals surface area (Å²) in [6, 6.07) is 9.34. The molecule has 66 valence electrons. The molecule has 0 atom stereocenters. The van der Waals surface area contributed by atoms with Crippen LogP contribution in [0, 0.1) is 0 Å². The van der Waals surface area contributed by atoms with Gasteiger partial charge in [0.15, 0.2) is 0 Å². The Morgan fingerprint density at radius 1 is 1.00 bits per heavy atom. The van der Waals surface area contributed by atoms with Crippen LogP contribution in [0.15, 0.2) is 30.3 Å². The SMILES string of the molecule is OC(O)(O)CCc1ccccc1. The van der Waals surface area contributed by atoms with Crippen molar-refractivity contribution >= 4 is 0 Å². The van der Waals surface area contributed by atoms with E-state index in [9.17, 15) is 0 Å². The van der Waals surface area contributed by atoms with Crippen LogP contribution in [0.1, 0.15) is 12.0 Å². The lowest BCUT2D eigenvalue weighted by atomic mass is 10.1. The fraction of sp³-hybridized carbons (Fsp3) is 0.333. The highest BCUT2D eigenvalue weighted by Gasteiger charge is 2.16. The third kappa shape index (κ3) is 3.48. The molecule has 0 amide bonds. The lowest BCUT2D eigenvalue weighted by molar-refractivity contribution is -0.314. The molecule has 0 aromatic heterocycles. The summed E-state index contributed by atoms with van der Waals surface area (Å²) in [5.41, 5.74) is 0.971. The molecule has 1 rings (SSSR count). The zero-order chi connectivity index (χ0) is 9.03. The number of aryl methyl sites for hydroxylation is 1. The summed E-state index contributed by atoms with van der Waals surface area (Å²) in [7, 11) is 0. The first-order valence-electron chi connectivity index (χ1n) is 3.79. The van der Waals surface area contributed by atoms with Crippen molar-refractivity contribution < 1.29 is 15.3 Å². The highest BCUT2D eigenvalue weighted by Crippen LogP contribution is 2.08. The summed E-state index contributed by atoms with van der Waals surface area (Å²) in [6.45, 7) is 0. The van der Waals surface area contributed by atoms with Crippen molar-refractivity contribution in [2.75, 3.05) is 0 Å². The fourth-order valence-corrected chi connectivity index (χ4v) is 0.957. The van der Waals surface area contributed by atoms with Crippen LogP contribution in [-0.4, -0.2) is 21.3 Å². The summed E-state index contributed by atoms with van der Waals surface area (Å²) in [5.74, 6) is -2.55. The molecule has 3 N–H and O–H groups in total. The van der Waals surface area contributed by atoms with Gasteiger partial charge in [0.25, 0.3) is 5.97 Å². The number of hydrogen-bond acceptors (Lipinski definition) is 3. The largest absolute Gasteiger partial charge is 0.344 e. The van der Waals surface area contributed by atoms with Crippen LogP contribution in [-0.2, 0) is 6.42 Å². The maximum atomic E-state index is 8.59. The first-order chi connectivity index (χ1) is 5.58. The molecule has 3 heteroatoms. The fourth-order valence-electron chi connectivity index (χ4n) is 0.957. The van der Waals surface area contributed by atoms with E-state index in [1.165, 1.54) is 0 Å². The first-order valence-corrected chi connectivity index (χ1v) is 3.79. The summed E-state index contributed by atoms with van der Waals surface area (Å²) in [6.07, 6.45) is 0.376. The number of aliphatic hydroxyl groups is 3. The minimum absolute atomic E-state index is 0.0724. The summed E-state index contributed by atoms with van der Waals surface area (Å²) >= 11 is 0. The van der Waals surface area contributed by atoms with Crippen molar-refractivity contribution in [2.45, 2.75) is 18.8 Å². The van der Waals surface area contributed by atoms with Crippen LogP contribution in [0.25, 0.3) is 0 Å². The molecule has 0 spiro atoms. The summed E-state index contributed by atoms with van der Waals surface area (Å²) in [5, 5.41) is 25.8. The van der Waals surface area contributed by atoms with Gasteiger partial charge in [0, 0.05) is 6.42 Å². The molecular weight excluding hydrogens is 156 g/mol. The molecule has 1 aromatic rings. The van der Waals surface area contributed by atoms with E-state index in [0.29, 0.717) is 6.42 Å². The molecule has 0 heterocycles. The standard InChI is InChI=1S/C9H12O3/c10-9(11,12)7-6-8-4-2-1-3-5-8/h1-5,10-12H,6-7H2. The molecule has 0 aliphatic rings. The monoisotopic (exact) mass is 168 g/mol. The zero-order valence-corrected chi connectivity index (χ0v) is 6.64. The van der Waals surface area contributed by atoms with Crippen LogP contribution in [0.4, 0.5) is 0 Å². The van der Waals surface area contributed by atoms with Gasteiger partial charge in [-0.05, 0) is 12.0 Å². The van der Waals surface area contributed by atoms with Crippen LogP contribution in [0.2, 0.25) is 0 Å². The van der Waals surface area contributed by atoms with Crippen molar-refractivity contribution in [1.29, 1.82) is 0 Å². The van der Waals surface area contributed by atoms with Crippen LogP contribution in [0.3, 0.4) is 0 Å². The van der Waals surface area contributed by atoms with Crippen LogP contribution < -0.4 is 0 Å². The Kier molecular flexibility index (Phi) is 2.81. The Balaban J connectivity index is 2.44. The van der Waals surface area contributed by atoms with Crippen molar-refractivity contribution in [3.8, 4) is 0 Å². The van der Waals surface area contributed by atoms with Gasteiger partial charge in [0.2, 0.25) is 0 Å². The van der Waals surface area contributed by atoms with Gasteiger partial charge in [-0.15, -0.1) is 0 Å². The lowest BCUT2D eigenvalue weighted by Crippen LogP contribution is -2.27. The molecule has 0 bridgehead atoms. The Morgan fingerprint density at radius 2 is 1.58 bits per heavy atom. The minimum atomic E-state index is -2.55. The topological polar surface area (TPSA) is 60.7 Å². The van der Waals surface area contributed by atoms with Gasteiger partial charge >= 0.3 is 0 Å². The van der Waals surface area contributed by atoms with Crippen molar-refractivity contribution in [3.05, 3.63) is 35.9 Å². The van der Waals surface area contributed by atoms with E-state index in [-0.39, 0.29) is 6.42 Å². The molecule has 0 aliphatic carbocycles. The van der Waals surface area contributed by atoms with Gasteiger partial charge in [-0.2, -0.15) is 0 Å². The molecule has 0 unspecified atom stereocenters. The Bertz CT molecular complexity index is 225. The molecule has 3 nitrogen and oxygen atoms in total. The molecular formula is C9H12O3. The molecule has 0 saturated carbocycles. The van der Waals surface area contributed by atoms with E-state index in [1.807, 2.05) is 30.3 Å². The summed E-state index contributed by atoms with van der Waals surface area (Å²) in [4.78, 5) is 0. The Hall–Kier alpha value is -0.900. The lowest BCUT2D eigenvalue weighted by Gasteiger charge is -2.12. The maximum Gasteiger partial charge on any atom is 0.275 e. The van der Waals surface area contributed by atoms with E-state index in [1.54, 1.807) is 0 Å². The van der Waals surface area contributed by atoms with Gasteiger partial charge in [-0.3, -0.25) is 0 Å². The molecule has 0 aliphatic heterocycles. The number of hydrogen-bond donors (Lipinski definition) is 3. The van der Waals surface area contributed by atoms with Gasteiger partial charge in [-0.1, -0.05) is 30.3 Å². The summed E-state index contributed by atoms with van der Waals surface area (Å²) < 4.78 is 0. The smallest absolute Gasteiger partial charge is 0.275 e. The third-order valence-corrected chi connectivity index (χ3v) is 1.59. The van der Waals surface area contributed by atoms with Crippen molar-refractivity contribution in [2.24, 2.45) is 0 Å². The van der Waals surface area contributed by atoms with E-state index >= 15 is 0 Å². The molecule has 0 fully saturated rings.